The molecule has 2 N–H and O–H groups in total. The molecule has 2 aromatic rings. The summed E-state index contributed by atoms with van der Waals surface area (Å²) in [6, 6.07) is 8.16. The molecule has 0 bridgehead atoms. The van der Waals surface area contributed by atoms with Gasteiger partial charge in [-0.15, -0.1) is 0 Å². The zero-order chi connectivity index (χ0) is 21.6. The zero-order valence-electron chi connectivity index (χ0n) is 17.1. The number of benzene rings is 1. The molecule has 3 rings (SSSR count). The highest BCUT2D eigenvalue weighted by Crippen LogP contribution is 2.18. The number of nitrogens with one attached hydrogen (secondary N) is 2. The zero-order valence-corrected chi connectivity index (χ0v) is 17.9. The Kier molecular flexibility index (Phi) is 7.09. The van der Waals surface area contributed by atoms with Gasteiger partial charge < -0.3 is 15.0 Å². The summed E-state index contributed by atoms with van der Waals surface area (Å²) in [6.45, 7) is 5.16. The van der Waals surface area contributed by atoms with E-state index in [1.54, 1.807) is 42.7 Å². The Bertz CT molecular complexity index is 935. The van der Waals surface area contributed by atoms with Crippen LogP contribution >= 0.6 is 0 Å². The molecule has 1 atom stereocenters. The number of sulfonamides is 1. The Hall–Kier alpha value is -2.88. The molecule has 1 aliphatic rings. The normalized spacial score (nSPS) is 16.9. The molecular formula is C20H27N5O4S. The molecule has 0 aliphatic carbocycles. The summed E-state index contributed by atoms with van der Waals surface area (Å²) in [4.78, 5) is 22.8. The number of rotatable bonds is 8. The number of carbonyl (C=O) groups excluding carboxylic acids is 1. The third-order valence-electron chi connectivity index (χ3n) is 4.44. The molecule has 2 heterocycles. The van der Waals surface area contributed by atoms with Crippen LogP contribution in [0.1, 0.15) is 26.7 Å². The van der Waals surface area contributed by atoms with E-state index in [4.69, 9.17) is 4.74 Å². The number of ether oxygens (including phenoxy) is 1. The third kappa shape index (κ3) is 6.58. The highest BCUT2D eigenvalue weighted by molar-refractivity contribution is 7.93. The molecule has 10 heteroatoms. The number of hydrogen-bond acceptors (Lipinski definition) is 7. The van der Waals surface area contributed by atoms with E-state index in [1.807, 2.05) is 18.7 Å². The summed E-state index contributed by atoms with van der Waals surface area (Å²) in [5.74, 6) is 0.0731. The molecule has 1 saturated heterocycles. The van der Waals surface area contributed by atoms with Crippen LogP contribution in [-0.4, -0.2) is 55.3 Å². The standard InChI is InChI=1S/C20H27N5O4S/c1-15(2)29-18-8-6-16(7-9-18)24-30(27,28)14-19(26)23-17-5-3-12-25(13-17)20-21-10-4-11-22-20/h4,6-11,15,17,24H,3,5,12-14H2,1-2H3,(H,23,26). The van der Waals surface area contributed by atoms with E-state index in [9.17, 15) is 13.2 Å². The largest absolute Gasteiger partial charge is 0.491 e. The predicted octanol–water partition coefficient (Wildman–Crippen LogP) is 1.79. The summed E-state index contributed by atoms with van der Waals surface area (Å²) >= 11 is 0. The second-order valence-electron chi connectivity index (χ2n) is 7.45. The van der Waals surface area contributed by atoms with Crippen molar-refractivity contribution in [1.82, 2.24) is 15.3 Å². The van der Waals surface area contributed by atoms with Crippen LogP contribution in [0.25, 0.3) is 0 Å². The smallest absolute Gasteiger partial charge is 0.241 e. The fraction of sp³-hybridized carbons (Fsp3) is 0.450. The van der Waals surface area contributed by atoms with Crippen LogP contribution in [-0.2, 0) is 14.8 Å². The monoisotopic (exact) mass is 433 g/mol. The van der Waals surface area contributed by atoms with E-state index in [-0.39, 0.29) is 12.1 Å². The van der Waals surface area contributed by atoms with Crippen molar-refractivity contribution in [2.75, 3.05) is 28.5 Å². The van der Waals surface area contributed by atoms with Crippen LogP contribution in [0.15, 0.2) is 42.7 Å². The van der Waals surface area contributed by atoms with Crippen LogP contribution < -0.4 is 19.7 Å². The van der Waals surface area contributed by atoms with E-state index < -0.39 is 21.7 Å². The van der Waals surface area contributed by atoms with E-state index in [0.29, 0.717) is 23.9 Å². The first-order valence-electron chi connectivity index (χ1n) is 9.89. The first-order chi connectivity index (χ1) is 14.3. The maximum absolute atomic E-state index is 12.4. The Morgan fingerprint density at radius 1 is 1.23 bits per heavy atom. The first-order valence-corrected chi connectivity index (χ1v) is 11.5. The van der Waals surface area contributed by atoms with Crippen molar-refractivity contribution in [3.63, 3.8) is 0 Å². The molecule has 1 fully saturated rings. The van der Waals surface area contributed by atoms with Gasteiger partial charge in [0.05, 0.1) is 6.10 Å². The Morgan fingerprint density at radius 2 is 1.93 bits per heavy atom. The summed E-state index contributed by atoms with van der Waals surface area (Å²) in [5, 5.41) is 2.82. The van der Waals surface area contributed by atoms with Gasteiger partial charge in [0.1, 0.15) is 11.5 Å². The fourth-order valence-corrected chi connectivity index (χ4v) is 4.26. The van der Waals surface area contributed by atoms with Gasteiger partial charge in [0.15, 0.2) is 0 Å². The van der Waals surface area contributed by atoms with Gasteiger partial charge in [-0.05, 0) is 57.0 Å². The SMILES string of the molecule is CC(C)Oc1ccc(NS(=O)(=O)CC(=O)NC2CCCN(c3ncccn3)C2)cc1. The topological polar surface area (TPSA) is 114 Å². The highest BCUT2D eigenvalue weighted by Gasteiger charge is 2.25. The van der Waals surface area contributed by atoms with E-state index >= 15 is 0 Å². The van der Waals surface area contributed by atoms with Gasteiger partial charge in [0, 0.05) is 37.2 Å². The maximum Gasteiger partial charge on any atom is 0.241 e. The van der Waals surface area contributed by atoms with Crippen molar-refractivity contribution in [2.45, 2.75) is 38.8 Å². The average molecular weight is 434 g/mol. The van der Waals surface area contributed by atoms with Crippen molar-refractivity contribution in [3.8, 4) is 5.75 Å². The molecule has 1 aromatic carbocycles. The lowest BCUT2D eigenvalue weighted by atomic mass is 10.1. The van der Waals surface area contributed by atoms with Crippen LogP contribution in [0, 0.1) is 0 Å². The van der Waals surface area contributed by atoms with Gasteiger partial charge in [0.2, 0.25) is 21.9 Å². The lowest BCUT2D eigenvalue weighted by Crippen LogP contribution is -2.49. The molecule has 1 amide bonds. The predicted molar refractivity (Wildman–Crippen MR) is 115 cm³/mol. The average Bonchev–Trinajstić information content (AvgIpc) is 2.69. The number of piperidine rings is 1. The van der Waals surface area contributed by atoms with Gasteiger partial charge in [-0.2, -0.15) is 0 Å². The molecule has 162 valence electrons. The third-order valence-corrected chi connectivity index (χ3v) is 5.63. The van der Waals surface area contributed by atoms with Gasteiger partial charge in [-0.25, -0.2) is 18.4 Å². The van der Waals surface area contributed by atoms with Gasteiger partial charge in [-0.3, -0.25) is 9.52 Å². The van der Waals surface area contributed by atoms with Crippen molar-refractivity contribution in [2.24, 2.45) is 0 Å². The summed E-state index contributed by atoms with van der Waals surface area (Å²) in [7, 11) is -3.83. The molecule has 0 spiro atoms. The van der Waals surface area contributed by atoms with Gasteiger partial charge in [-0.1, -0.05) is 0 Å². The number of nitrogens with zero attached hydrogens (tertiary/aromatic N) is 3. The fourth-order valence-electron chi connectivity index (χ4n) is 3.26. The Balaban J connectivity index is 1.52. The van der Waals surface area contributed by atoms with Gasteiger partial charge >= 0.3 is 0 Å². The minimum absolute atomic E-state index is 0.0282. The second-order valence-corrected chi connectivity index (χ2v) is 9.18. The van der Waals surface area contributed by atoms with Crippen LogP contribution in [0.5, 0.6) is 5.75 Å². The van der Waals surface area contributed by atoms with E-state index in [0.717, 1.165) is 19.4 Å². The molecule has 0 saturated carbocycles. The number of amides is 1. The van der Waals surface area contributed by atoms with Crippen LogP contribution in [0.3, 0.4) is 0 Å². The first kappa shape index (κ1) is 21.8. The van der Waals surface area contributed by atoms with Crippen molar-refractivity contribution in [3.05, 3.63) is 42.7 Å². The minimum atomic E-state index is -3.83. The summed E-state index contributed by atoms with van der Waals surface area (Å²) in [5.41, 5.74) is 0.379. The van der Waals surface area contributed by atoms with Crippen LogP contribution in [0.2, 0.25) is 0 Å². The second kappa shape index (κ2) is 9.75. The number of carbonyl (C=O) groups is 1. The number of anilines is 2. The number of hydrogen-bond donors (Lipinski definition) is 2. The molecular weight excluding hydrogens is 406 g/mol. The quantitative estimate of drug-likeness (QED) is 0.652. The highest BCUT2D eigenvalue weighted by atomic mass is 32.2. The molecule has 30 heavy (non-hydrogen) atoms. The van der Waals surface area contributed by atoms with Gasteiger partial charge in [0.25, 0.3) is 0 Å². The molecule has 9 nitrogen and oxygen atoms in total. The Labute approximate surface area is 176 Å². The number of aromatic nitrogens is 2. The van der Waals surface area contributed by atoms with E-state index in [2.05, 4.69) is 20.0 Å². The Morgan fingerprint density at radius 3 is 2.60 bits per heavy atom. The molecule has 1 unspecified atom stereocenters. The lowest BCUT2D eigenvalue weighted by molar-refractivity contribution is -0.119. The van der Waals surface area contributed by atoms with E-state index in [1.165, 1.54) is 0 Å². The van der Waals surface area contributed by atoms with Crippen molar-refractivity contribution >= 4 is 27.6 Å². The minimum Gasteiger partial charge on any atom is -0.491 e. The lowest BCUT2D eigenvalue weighted by Gasteiger charge is -2.33. The van der Waals surface area contributed by atoms with Crippen molar-refractivity contribution < 1.29 is 17.9 Å². The maximum atomic E-state index is 12.4. The summed E-state index contributed by atoms with van der Waals surface area (Å²) < 4.78 is 32.7. The molecule has 0 radical (unpaired) electrons. The molecule has 1 aliphatic heterocycles. The van der Waals surface area contributed by atoms with Crippen molar-refractivity contribution in [1.29, 1.82) is 0 Å². The molecule has 1 aromatic heterocycles. The van der Waals surface area contributed by atoms with Crippen LogP contribution in [0.4, 0.5) is 11.6 Å². The summed E-state index contributed by atoms with van der Waals surface area (Å²) in [6.07, 6.45) is 5.01.